The Morgan fingerprint density at radius 1 is 0.935 bits per heavy atom. The lowest BCUT2D eigenvalue weighted by Crippen LogP contribution is -2.41. The van der Waals surface area contributed by atoms with Crippen LogP contribution in [-0.2, 0) is 11.2 Å². The zero-order valence-electron chi connectivity index (χ0n) is 17.3. The van der Waals surface area contributed by atoms with Gasteiger partial charge in [0.15, 0.2) is 0 Å². The van der Waals surface area contributed by atoms with E-state index >= 15 is 0 Å². The minimum atomic E-state index is -0.432. The molecule has 1 aliphatic rings. The van der Waals surface area contributed by atoms with E-state index in [1.54, 1.807) is 41.4 Å². The maximum atomic E-state index is 14.3. The molecule has 0 spiro atoms. The predicted octanol–water partition coefficient (Wildman–Crippen LogP) is 4.47. The molecule has 2 aromatic carbocycles. The van der Waals surface area contributed by atoms with Crippen LogP contribution in [0.5, 0.6) is 0 Å². The van der Waals surface area contributed by atoms with Crippen molar-refractivity contribution in [1.29, 1.82) is 0 Å². The van der Waals surface area contributed by atoms with Crippen LogP contribution >= 0.6 is 0 Å². The summed E-state index contributed by atoms with van der Waals surface area (Å²) in [4.78, 5) is 27.6. The number of halogens is 1. The fraction of sp³-hybridized carbons (Fsp3) is 0.231. The third-order valence-electron chi connectivity index (χ3n) is 5.77. The van der Waals surface area contributed by atoms with E-state index in [4.69, 9.17) is 0 Å². The summed E-state index contributed by atoms with van der Waals surface area (Å²) in [6.45, 7) is 1.24. The van der Waals surface area contributed by atoms with Gasteiger partial charge >= 0.3 is 0 Å². The Morgan fingerprint density at radius 3 is 2.32 bits per heavy atom. The van der Waals surface area contributed by atoms with E-state index in [2.05, 4.69) is 12.1 Å². The second kappa shape index (κ2) is 9.56. The number of carbonyl (C=O) groups excluding carboxylic acids is 1. The van der Waals surface area contributed by atoms with Gasteiger partial charge in [-0.1, -0.05) is 54.6 Å². The lowest BCUT2D eigenvalue weighted by atomic mass is 9.90. The van der Waals surface area contributed by atoms with E-state index in [0.717, 1.165) is 19.3 Å². The molecule has 0 radical (unpaired) electrons. The van der Waals surface area contributed by atoms with Crippen LogP contribution in [0.25, 0.3) is 11.8 Å². The third kappa shape index (κ3) is 5.00. The molecular weight excluding hydrogens is 391 g/mol. The monoisotopic (exact) mass is 416 g/mol. The molecule has 2 heterocycles. The van der Waals surface area contributed by atoms with Crippen molar-refractivity contribution < 1.29 is 9.18 Å². The topological polar surface area (TPSA) is 42.3 Å². The molecule has 4 nitrogen and oxygen atoms in total. The lowest BCUT2D eigenvalue weighted by Gasteiger charge is -2.33. The predicted molar refractivity (Wildman–Crippen MR) is 121 cm³/mol. The summed E-state index contributed by atoms with van der Waals surface area (Å²) in [6, 6.07) is 21.3. The Bertz CT molecular complexity index is 1130. The van der Waals surface area contributed by atoms with Crippen molar-refractivity contribution in [3.05, 3.63) is 106 Å². The summed E-state index contributed by atoms with van der Waals surface area (Å²) >= 11 is 0. The molecule has 0 unspecified atom stereocenters. The van der Waals surface area contributed by atoms with Crippen molar-refractivity contribution >= 4 is 17.7 Å². The van der Waals surface area contributed by atoms with E-state index in [-0.39, 0.29) is 22.7 Å². The smallest absolute Gasteiger partial charge is 0.270 e. The summed E-state index contributed by atoms with van der Waals surface area (Å²) < 4.78 is 15.6. The Labute approximate surface area is 181 Å². The fourth-order valence-corrected chi connectivity index (χ4v) is 4.05. The highest BCUT2D eigenvalue weighted by molar-refractivity contribution is 6.18. The quantitative estimate of drug-likeness (QED) is 0.576. The molecule has 1 aliphatic heterocycles. The Morgan fingerprint density at radius 2 is 1.61 bits per heavy atom. The molecule has 4 rings (SSSR count). The number of hydrogen-bond donors (Lipinski definition) is 0. The molecular formula is C26H25FN2O2. The van der Waals surface area contributed by atoms with E-state index in [1.165, 1.54) is 28.3 Å². The molecule has 3 aromatic rings. The maximum Gasteiger partial charge on any atom is 0.270 e. The van der Waals surface area contributed by atoms with E-state index < -0.39 is 5.82 Å². The average Bonchev–Trinajstić information content (AvgIpc) is 2.80. The zero-order chi connectivity index (χ0) is 21.6. The molecule has 1 fully saturated rings. The summed E-state index contributed by atoms with van der Waals surface area (Å²) in [5, 5.41) is 0. The molecule has 1 amide bonds. The minimum absolute atomic E-state index is 0.164. The number of rotatable bonds is 5. The fourth-order valence-electron chi connectivity index (χ4n) is 4.05. The van der Waals surface area contributed by atoms with Gasteiger partial charge in [-0.2, -0.15) is 0 Å². The number of nitrogens with zero attached hydrogens (tertiary/aromatic N) is 2. The van der Waals surface area contributed by atoms with Crippen LogP contribution in [0.1, 0.15) is 24.0 Å². The van der Waals surface area contributed by atoms with Gasteiger partial charge in [-0.25, -0.2) is 4.39 Å². The van der Waals surface area contributed by atoms with Crippen molar-refractivity contribution in [3.8, 4) is 0 Å². The molecule has 1 aromatic heterocycles. The first-order valence-electron chi connectivity index (χ1n) is 10.6. The number of carbonyl (C=O) groups is 1. The van der Waals surface area contributed by atoms with Crippen molar-refractivity contribution in [3.63, 3.8) is 0 Å². The first kappa shape index (κ1) is 20.8. The number of benzene rings is 2. The third-order valence-corrected chi connectivity index (χ3v) is 5.77. The highest BCUT2D eigenvalue weighted by Gasteiger charge is 2.26. The van der Waals surface area contributed by atoms with Crippen LogP contribution in [0.15, 0.2) is 83.8 Å². The summed E-state index contributed by atoms with van der Waals surface area (Å²) in [6.07, 6.45) is 5.82. The number of aromatic nitrogens is 1. The molecule has 1 saturated heterocycles. The van der Waals surface area contributed by atoms with Gasteiger partial charge in [0, 0.05) is 30.9 Å². The molecule has 0 atom stereocenters. The standard InChI is InChI=1S/C26H25FN2O2/c27-23-11-5-4-10-22(23)19-24(29-15-7-6-12-25(29)30)26(31)28-16-13-21(14-17-28)18-20-8-2-1-3-9-20/h1-12,15,19,21H,13-14,16-18H2. The van der Waals surface area contributed by atoms with Crippen LogP contribution in [0.4, 0.5) is 4.39 Å². The molecule has 158 valence electrons. The SMILES string of the molecule is O=C(C(=Cc1ccccc1F)n1ccccc1=O)N1CCC(Cc2ccccc2)CC1. The van der Waals surface area contributed by atoms with Gasteiger partial charge < -0.3 is 4.90 Å². The molecule has 0 saturated carbocycles. The van der Waals surface area contributed by atoms with Gasteiger partial charge in [0.1, 0.15) is 11.5 Å². The van der Waals surface area contributed by atoms with Crippen LogP contribution in [0.3, 0.4) is 0 Å². The summed E-state index contributed by atoms with van der Waals surface area (Å²) in [7, 11) is 0. The lowest BCUT2D eigenvalue weighted by molar-refractivity contribution is -0.126. The number of amides is 1. The zero-order valence-corrected chi connectivity index (χ0v) is 17.3. The van der Waals surface area contributed by atoms with Crippen LogP contribution in [0, 0.1) is 11.7 Å². The minimum Gasteiger partial charge on any atom is -0.337 e. The van der Waals surface area contributed by atoms with Crippen LogP contribution in [0.2, 0.25) is 0 Å². The van der Waals surface area contributed by atoms with Crippen molar-refractivity contribution in [2.45, 2.75) is 19.3 Å². The Kier molecular flexibility index (Phi) is 6.41. The van der Waals surface area contributed by atoms with Crippen LogP contribution in [-0.4, -0.2) is 28.5 Å². The van der Waals surface area contributed by atoms with Crippen molar-refractivity contribution in [1.82, 2.24) is 9.47 Å². The number of piperidine rings is 1. The van der Waals surface area contributed by atoms with Crippen molar-refractivity contribution in [2.24, 2.45) is 5.92 Å². The van der Waals surface area contributed by atoms with E-state index in [1.807, 2.05) is 18.2 Å². The van der Waals surface area contributed by atoms with Crippen LogP contribution < -0.4 is 5.56 Å². The second-order valence-electron chi connectivity index (χ2n) is 7.89. The van der Waals surface area contributed by atoms with E-state index in [0.29, 0.717) is 19.0 Å². The molecule has 0 N–H and O–H groups in total. The normalized spacial score (nSPS) is 15.1. The average molecular weight is 416 g/mol. The molecule has 31 heavy (non-hydrogen) atoms. The molecule has 0 aliphatic carbocycles. The number of likely N-dealkylation sites (tertiary alicyclic amines) is 1. The number of hydrogen-bond acceptors (Lipinski definition) is 2. The van der Waals surface area contributed by atoms with Gasteiger partial charge in [-0.3, -0.25) is 14.2 Å². The van der Waals surface area contributed by atoms with Crippen molar-refractivity contribution in [2.75, 3.05) is 13.1 Å². The maximum absolute atomic E-state index is 14.3. The van der Waals surface area contributed by atoms with Gasteiger partial charge in [-0.15, -0.1) is 0 Å². The Balaban J connectivity index is 1.55. The highest BCUT2D eigenvalue weighted by atomic mass is 19.1. The molecule has 0 bridgehead atoms. The van der Waals surface area contributed by atoms with E-state index in [9.17, 15) is 14.0 Å². The second-order valence-corrected chi connectivity index (χ2v) is 7.89. The van der Waals surface area contributed by atoms with Gasteiger partial charge in [0.25, 0.3) is 11.5 Å². The van der Waals surface area contributed by atoms with Gasteiger partial charge in [0.05, 0.1) is 0 Å². The first-order valence-corrected chi connectivity index (χ1v) is 10.6. The summed E-state index contributed by atoms with van der Waals surface area (Å²) in [5.74, 6) is -0.169. The Hall–Kier alpha value is -3.47. The largest absolute Gasteiger partial charge is 0.337 e. The first-order chi connectivity index (χ1) is 15.1. The van der Waals surface area contributed by atoms with Gasteiger partial charge in [-0.05, 0) is 49.0 Å². The van der Waals surface area contributed by atoms with Gasteiger partial charge in [0.2, 0.25) is 0 Å². The summed E-state index contributed by atoms with van der Waals surface area (Å²) in [5.41, 5.74) is 1.43. The highest BCUT2D eigenvalue weighted by Crippen LogP contribution is 2.24. The molecule has 5 heteroatoms. The number of pyridine rings is 1.